The number of rotatable bonds is 4. The molecule has 3 N–H and O–H groups in total. The van der Waals surface area contributed by atoms with E-state index in [-0.39, 0.29) is 6.61 Å². The van der Waals surface area contributed by atoms with Crippen LogP contribution >= 0.6 is 27.5 Å². The van der Waals surface area contributed by atoms with E-state index in [0.717, 1.165) is 10.2 Å². The molecule has 0 radical (unpaired) electrons. The molecule has 0 saturated heterocycles. The van der Waals surface area contributed by atoms with E-state index < -0.39 is 0 Å². The molecule has 0 atom stereocenters. The van der Waals surface area contributed by atoms with Gasteiger partial charge in [0, 0.05) is 16.2 Å². The number of nitrogens with two attached hydrogens (primary N) is 1. The van der Waals surface area contributed by atoms with E-state index in [9.17, 15) is 0 Å². The predicted octanol–water partition coefficient (Wildman–Crippen LogP) is 3.07. The zero-order valence-corrected chi connectivity index (χ0v) is 12.5. The molecule has 1 aromatic heterocycles. The van der Waals surface area contributed by atoms with Crippen LogP contribution in [0.2, 0.25) is 5.02 Å². The largest absolute Gasteiger partial charge is 0.484 e. The minimum atomic E-state index is 0.215. The molecule has 0 aliphatic carbocycles. The van der Waals surface area contributed by atoms with Gasteiger partial charge in [0.25, 0.3) is 0 Å². The molecule has 19 heavy (non-hydrogen) atoms. The van der Waals surface area contributed by atoms with Gasteiger partial charge in [-0.05, 0) is 25.1 Å². The maximum atomic E-state index is 6.03. The topological polar surface area (TPSA) is 73.1 Å². The highest BCUT2D eigenvalue weighted by atomic mass is 79.9. The number of nitrogens with one attached hydrogen (secondary N) is 1. The number of aryl methyl sites for hydroxylation is 1. The van der Waals surface area contributed by atoms with Crippen LogP contribution in [-0.2, 0) is 6.61 Å². The smallest absolute Gasteiger partial charge is 0.168 e. The molecule has 1 heterocycles. The summed E-state index contributed by atoms with van der Waals surface area (Å²) in [5, 5.41) is 0.535. The Morgan fingerprint density at radius 1 is 1.37 bits per heavy atom. The number of hydrogen-bond donors (Lipinski definition) is 2. The predicted molar refractivity (Wildman–Crippen MR) is 78.1 cm³/mol. The lowest BCUT2D eigenvalue weighted by molar-refractivity contribution is 0.295. The van der Waals surface area contributed by atoms with Crippen LogP contribution in [0.15, 0.2) is 28.7 Å². The number of hydrogen-bond acceptors (Lipinski definition) is 5. The number of hydrazine groups is 1. The fourth-order valence-electron chi connectivity index (χ4n) is 1.50. The molecule has 0 unspecified atom stereocenters. The van der Waals surface area contributed by atoms with Crippen molar-refractivity contribution in [2.24, 2.45) is 5.84 Å². The van der Waals surface area contributed by atoms with Gasteiger partial charge >= 0.3 is 0 Å². The average molecular weight is 344 g/mol. The van der Waals surface area contributed by atoms with Crippen LogP contribution in [0.25, 0.3) is 0 Å². The Hall–Kier alpha value is -1.37. The van der Waals surface area contributed by atoms with Gasteiger partial charge < -0.3 is 10.2 Å². The fourth-order valence-corrected chi connectivity index (χ4v) is 2.01. The molecule has 0 saturated carbocycles. The summed E-state index contributed by atoms with van der Waals surface area (Å²) in [5.74, 6) is 6.98. The zero-order chi connectivity index (χ0) is 13.8. The van der Waals surface area contributed by atoms with E-state index in [1.54, 1.807) is 18.2 Å². The molecule has 0 fully saturated rings. The van der Waals surface area contributed by atoms with E-state index in [1.807, 2.05) is 13.0 Å². The van der Waals surface area contributed by atoms with Crippen LogP contribution in [-0.4, -0.2) is 9.97 Å². The summed E-state index contributed by atoms with van der Waals surface area (Å²) in [7, 11) is 0. The zero-order valence-electron chi connectivity index (χ0n) is 10.2. The van der Waals surface area contributed by atoms with Gasteiger partial charge in [-0.2, -0.15) is 0 Å². The molecule has 0 amide bonds. The van der Waals surface area contributed by atoms with Gasteiger partial charge in [-0.15, -0.1) is 0 Å². The van der Waals surface area contributed by atoms with Gasteiger partial charge in [0.2, 0.25) is 0 Å². The highest BCUT2D eigenvalue weighted by Gasteiger charge is 2.06. The van der Waals surface area contributed by atoms with Gasteiger partial charge in [-0.25, -0.2) is 15.8 Å². The number of halogens is 2. The van der Waals surface area contributed by atoms with E-state index in [4.69, 9.17) is 22.2 Å². The summed E-state index contributed by atoms with van der Waals surface area (Å²) in [6.45, 7) is 2.07. The molecule has 2 rings (SSSR count). The standard InChI is InChI=1S/C12H12BrClN4O/c1-7-4-11(18-15)17-12(16-7)6-19-10-5-8(13)2-3-9(10)14/h2-5H,6,15H2,1H3,(H,16,17,18). The fraction of sp³-hybridized carbons (Fsp3) is 0.167. The average Bonchev–Trinajstić information content (AvgIpc) is 2.39. The first-order valence-electron chi connectivity index (χ1n) is 5.47. The summed E-state index contributed by atoms with van der Waals surface area (Å²) in [6.07, 6.45) is 0. The number of aromatic nitrogens is 2. The monoisotopic (exact) mass is 342 g/mol. The summed E-state index contributed by atoms with van der Waals surface area (Å²) < 4.78 is 6.49. The molecule has 2 aromatic rings. The Morgan fingerprint density at radius 2 is 2.16 bits per heavy atom. The highest BCUT2D eigenvalue weighted by molar-refractivity contribution is 9.10. The minimum Gasteiger partial charge on any atom is -0.484 e. The SMILES string of the molecule is Cc1cc(NN)nc(COc2cc(Br)ccc2Cl)n1. The van der Waals surface area contributed by atoms with Gasteiger partial charge in [0.15, 0.2) is 5.82 Å². The van der Waals surface area contributed by atoms with Crippen LogP contribution in [0.1, 0.15) is 11.5 Å². The number of benzene rings is 1. The molecule has 0 bridgehead atoms. The highest BCUT2D eigenvalue weighted by Crippen LogP contribution is 2.28. The number of anilines is 1. The molecule has 0 aliphatic heterocycles. The lowest BCUT2D eigenvalue weighted by Crippen LogP contribution is -2.12. The summed E-state index contributed by atoms with van der Waals surface area (Å²) in [4.78, 5) is 8.45. The summed E-state index contributed by atoms with van der Waals surface area (Å²) >= 11 is 9.39. The Labute approximate surface area is 124 Å². The summed E-state index contributed by atoms with van der Waals surface area (Å²) in [6, 6.07) is 7.13. The van der Waals surface area contributed by atoms with Crippen LogP contribution in [0.5, 0.6) is 5.75 Å². The van der Waals surface area contributed by atoms with Crippen molar-refractivity contribution in [3.63, 3.8) is 0 Å². The van der Waals surface area contributed by atoms with E-state index in [1.165, 1.54) is 0 Å². The van der Waals surface area contributed by atoms with Crippen LogP contribution in [0.4, 0.5) is 5.82 Å². The van der Waals surface area contributed by atoms with Crippen LogP contribution in [0, 0.1) is 6.92 Å². The molecule has 0 spiro atoms. The van der Waals surface area contributed by atoms with E-state index in [0.29, 0.717) is 22.4 Å². The first-order valence-corrected chi connectivity index (χ1v) is 6.64. The third-order valence-electron chi connectivity index (χ3n) is 2.30. The molecule has 1 aromatic carbocycles. The normalized spacial score (nSPS) is 10.3. The Balaban J connectivity index is 2.14. The van der Waals surface area contributed by atoms with Crippen molar-refractivity contribution >= 4 is 33.3 Å². The molecule has 100 valence electrons. The molecular formula is C12H12BrClN4O. The van der Waals surface area contributed by atoms with E-state index >= 15 is 0 Å². The Bertz CT molecular complexity index is 594. The summed E-state index contributed by atoms with van der Waals surface area (Å²) in [5.41, 5.74) is 3.29. The van der Waals surface area contributed by atoms with Gasteiger partial charge in [0.1, 0.15) is 18.2 Å². The van der Waals surface area contributed by atoms with Crippen molar-refractivity contribution in [3.8, 4) is 5.75 Å². The quantitative estimate of drug-likeness (QED) is 0.659. The Kier molecular flexibility index (Phi) is 4.57. The maximum Gasteiger partial charge on any atom is 0.168 e. The van der Waals surface area contributed by atoms with Gasteiger partial charge in [0.05, 0.1) is 5.02 Å². The van der Waals surface area contributed by atoms with Crippen molar-refractivity contribution in [3.05, 3.63) is 45.3 Å². The molecule has 0 aliphatic rings. The molecule has 7 heteroatoms. The van der Waals surface area contributed by atoms with Crippen molar-refractivity contribution in [2.75, 3.05) is 5.43 Å². The lowest BCUT2D eigenvalue weighted by Gasteiger charge is -2.09. The second-order valence-corrected chi connectivity index (χ2v) is 5.14. The van der Waals surface area contributed by atoms with Crippen molar-refractivity contribution < 1.29 is 4.74 Å². The first kappa shape index (κ1) is 14.0. The van der Waals surface area contributed by atoms with Gasteiger partial charge in [-0.1, -0.05) is 27.5 Å². The van der Waals surface area contributed by atoms with Crippen LogP contribution in [0.3, 0.4) is 0 Å². The number of ether oxygens (including phenoxy) is 1. The number of nitrogens with zero attached hydrogens (tertiary/aromatic N) is 2. The second-order valence-electron chi connectivity index (χ2n) is 3.82. The van der Waals surface area contributed by atoms with Crippen molar-refractivity contribution in [1.82, 2.24) is 9.97 Å². The maximum absolute atomic E-state index is 6.03. The molecular weight excluding hydrogens is 332 g/mol. The minimum absolute atomic E-state index is 0.215. The van der Waals surface area contributed by atoms with Gasteiger partial charge in [-0.3, -0.25) is 0 Å². The van der Waals surface area contributed by atoms with Crippen molar-refractivity contribution in [1.29, 1.82) is 0 Å². The lowest BCUT2D eigenvalue weighted by atomic mass is 10.3. The van der Waals surface area contributed by atoms with Crippen molar-refractivity contribution in [2.45, 2.75) is 13.5 Å². The third kappa shape index (κ3) is 3.79. The van der Waals surface area contributed by atoms with Crippen LogP contribution < -0.4 is 16.0 Å². The third-order valence-corrected chi connectivity index (χ3v) is 3.10. The first-order chi connectivity index (χ1) is 9.08. The molecule has 5 nitrogen and oxygen atoms in total. The van der Waals surface area contributed by atoms with E-state index in [2.05, 4.69) is 31.3 Å². The second kappa shape index (κ2) is 6.18. The number of nitrogen functional groups attached to an aromatic ring is 1. The Morgan fingerprint density at radius 3 is 2.89 bits per heavy atom.